The summed E-state index contributed by atoms with van der Waals surface area (Å²) in [5.74, 6) is 0.594. The number of H-pyrrole nitrogens is 1. The molecule has 0 unspecified atom stereocenters. The molecule has 35 heavy (non-hydrogen) atoms. The van der Waals surface area contributed by atoms with Crippen LogP contribution in [0.1, 0.15) is 11.4 Å². The molecule has 0 aliphatic carbocycles. The Labute approximate surface area is 212 Å². The first-order chi connectivity index (χ1) is 17.2. The lowest BCUT2D eigenvalue weighted by molar-refractivity contribution is 0.0987. The number of nitrogens with zero attached hydrogens (tertiary/aromatic N) is 4. The van der Waals surface area contributed by atoms with Gasteiger partial charge in [-0.2, -0.15) is 9.78 Å². The second-order valence-electron chi connectivity index (χ2n) is 7.43. The summed E-state index contributed by atoms with van der Waals surface area (Å²) in [6.45, 7) is 0.681. The molecule has 5 rings (SSSR count). The number of rotatable bonds is 8. The van der Waals surface area contributed by atoms with Crippen LogP contribution in [0.15, 0.2) is 57.7 Å². The van der Waals surface area contributed by atoms with Crippen molar-refractivity contribution in [3.05, 3.63) is 70.3 Å². The summed E-state index contributed by atoms with van der Waals surface area (Å²) < 4.78 is 23.3. The lowest BCUT2D eigenvalue weighted by Crippen LogP contribution is -2.21. The van der Waals surface area contributed by atoms with Crippen LogP contribution in [-0.2, 0) is 14.4 Å². The normalized spacial score (nSPS) is 11.2. The van der Waals surface area contributed by atoms with Gasteiger partial charge in [-0.3, -0.25) is 9.89 Å². The average Bonchev–Trinajstić information content (AvgIpc) is 3.48. The lowest BCUT2D eigenvalue weighted by atomic mass is 10.1. The van der Waals surface area contributed by atoms with Gasteiger partial charge >= 0.3 is 0 Å². The lowest BCUT2D eigenvalue weighted by Gasteiger charge is -2.08. The van der Waals surface area contributed by atoms with Crippen LogP contribution < -0.4 is 10.3 Å². The molecular formula is C24H18IN5O5. The van der Waals surface area contributed by atoms with Crippen LogP contribution in [0.3, 0.4) is 0 Å². The topological polar surface area (TPSA) is 128 Å². The Morgan fingerprint density at radius 1 is 1.11 bits per heavy atom. The van der Waals surface area contributed by atoms with Crippen LogP contribution in [-0.4, -0.2) is 39.9 Å². The Morgan fingerprint density at radius 3 is 2.69 bits per heavy atom. The van der Waals surface area contributed by atoms with Crippen molar-refractivity contribution in [2.24, 2.45) is 0 Å². The molecule has 0 aliphatic heterocycles. The van der Waals surface area contributed by atoms with Gasteiger partial charge in [-0.15, -0.1) is 0 Å². The number of fused-ring (bicyclic) bond motifs is 2. The highest BCUT2D eigenvalue weighted by atomic mass is 127. The van der Waals surface area contributed by atoms with Crippen molar-refractivity contribution in [1.82, 2.24) is 19.6 Å². The fraction of sp³-hybridized carbons (Fsp3) is 0.167. The van der Waals surface area contributed by atoms with Crippen molar-refractivity contribution >= 4 is 39.8 Å². The molecule has 0 aliphatic rings. The fourth-order valence-corrected chi connectivity index (χ4v) is 4.03. The van der Waals surface area contributed by atoms with E-state index >= 15 is 0 Å². The second kappa shape index (κ2) is 9.87. The first-order valence-corrected chi connectivity index (χ1v) is 11.4. The van der Waals surface area contributed by atoms with Gasteiger partial charge in [0, 0.05) is 0 Å². The van der Waals surface area contributed by atoms with E-state index in [9.17, 15) is 10.1 Å². The zero-order valence-electron chi connectivity index (χ0n) is 18.4. The van der Waals surface area contributed by atoms with Crippen molar-refractivity contribution in [2.45, 2.75) is 6.61 Å². The zero-order chi connectivity index (χ0) is 24.4. The van der Waals surface area contributed by atoms with Crippen LogP contribution in [0.25, 0.3) is 39.3 Å². The highest BCUT2D eigenvalue weighted by molar-refractivity contribution is 14.1. The number of benzene rings is 2. The largest absolute Gasteiger partial charge is 0.494 e. The highest BCUT2D eigenvalue weighted by Gasteiger charge is 2.25. The van der Waals surface area contributed by atoms with E-state index < -0.39 is 5.56 Å². The van der Waals surface area contributed by atoms with Crippen molar-refractivity contribution in [1.29, 1.82) is 5.26 Å². The molecule has 2 aromatic carbocycles. The fourth-order valence-electron chi connectivity index (χ4n) is 3.85. The quantitative estimate of drug-likeness (QED) is 0.212. The van der Waals surface area contributed by atoms with Crippen LogP contribution in [0, 0.1) is 11.3 Å². The molecule has 10 nitrogen and oxygen atoms in total. The number of hydrogen-bond acceptors (Lipinski definition) is 8. The first-order valence-electron chi connectivity index (χ1n) is 10.5. The maximum Gasteiger partial charge on any atom is 0.285 e. The van der Waals surface area contributed by atoms with Crippen LogP contribution in [0.4, 0.5) is 0 Å². The molecule has 3 heterocycles. The van der Waals surface area contributed by atoms with E-state index in [1.165, 1.54) is 11.6 Å². The molecule has 0 saturated heterocycles. The van der Waals surface area contributed by atoms with Crippen molar-refractivity contribution in [2.75, 3.05) is 20.3 Å². The van der Waals surface area contributed by atoms with E-state index in [2.05, 4.69) is 16.2 Å². The predicted octanol–water partition coefficient (Wildman–Crippen LogP) is 4.26. The van der Waals surface area contributed by atoms with Crippen molar-refractivity contribution in [3.63, 3.8) is 0 Å². The Bertz CT molecular complexity index is 1620. The molecule has 3 aromatic heterocycles. The molecule has 11 heteroatoms. The zero-order valence-corrected chi connectivity index (χ0v) is 20.6. The van der Waals surface area contributed by atoms with E-state index in [1.807, 2.05) is 30.3 Å². The minimum atomic E-state index is -0.469. The molecule has 0 spiro atoms. The van der Waals surface area contributed by atoms with Crippen LogP contribution in [0.2, 0.25) is 0 Å². The molecule has 0 amide bonds. The molecule has 0 fully saturated rings. The monoisotopic (exact) mass is 583 g/mol. The molecule has 0 bridgehead atoms. The van der Waals surface area contributed by atoms with E-state index in [0.717, 1.165) is 5.56 Å². The molecule has 0 atom stereocenters. The maximum absolute atomic E-state index is 13.8. The number of nitriles is 1. The molecule has 176 valence electrons. The summed E-state index contributed by atoms with van der Waals surface area (Å²) in [7, 11) is 1.54. The first kappa shape index (κ1) is 23.0. The maximum atomic E-state index is 13.8. The van der Waals surface area contributed by atoms with Gasteiger partial charge in [0.15, 0.2) is 16.7 Å². The molecule has 0 saturated carbocycles. The SMILES string of the molecule is COc1cccc2oc(-c3c(COCCOI)nc4c(-c5ccccc5)c(C#N)[nH]n4c3=O)nc12. The van der Waals surface area contributed by atoms with Gasteiger partial charge in [0.25, 0.3) is 5.56 Å². The third kappa shape index (κ3) is 4.16. The standard InChI is InChI=1S/C24H18IN5O5/c1-32-17-8-5-9-18-21(17)28-23(35-18)20-16(13-33-10-11-34-25)27-22-19(14-6-3-2-4-7-14)15(12-26)29-30(22)24(20)31/h2-9,29H,10-11,13H2,1H3. The Kier molecular flexibility index (Phi) is 6.49. The van der Waals surface area contributed by atoms with Crippen LogP contribution in [0.5, 0.6) is 5.75 Å². The summed E-state index contributed by atoms with van der Waals surface area (Å²) in [5, 5.41) is 12.6. The minimum Gasteiger partial charge on any atom is -0.494 e. The van der Waals surface area contributed by atoms with Gasteiger partial charge < -0.3 is 17.0 Å². The smallest absolute Gasteiger partial charge is 0.285 e. The van der Waals surface area contributed by atoms with Gasteiger partial charge in [0.05, 0.1) is 38.2 Å². The van der Waals surface area contributed by atoms with Gasteiger partial charge in [-0.05, 0) is 17.7 Å². The molecule has 0 radical (unpaired) electrons. The third-order valence-corrected chi connectivity index (χ3v) is 5.83. The third-order valence-electron chi connectivity index (χ3n) is 5.39. The van der Waals surface area contributed by atoms with Gasteiger partial charge in [-0.1, -0.05) is 36.4 Å². The van der Waals surface area contributed by atoms with Crippen LogP contribution >= 0.6 is 23.0 Å². The summed E-state index contributed by atoms with van der Waals surface area (Å²) >= 11 is 1.79. The summed E-state index contributed by atoms with van der Waals surface area (Å²) in [4.78, 5) is 23.0. The van der Waals surface area contributed by atoms with Crippen molar-refractivity contribution < 1.29 is 17.0 Å². The number of ether oxygens (including phenoxy) is 2. The Hall–Kier alpha value is -3.73. The molecule has 1 N–H and O–H groups in total. The number of aromatic nitrogens is 4. The number of hydrogen-bond donors (Lipinski definition) is 1. The summed E-state index contributed by atoms with van der Waals surface area (Å²) in [5.41, 5.74) is 2.71. The van der Waals surface area contributed by atoms with Crippen molar-refractivity contribution in [3.8, 4) is 34.4 Å². The average molecular weight is 583 g/mol. The van der Waals surface area contributed by atoms with Gasteiger partial charge in [-0.25, -0.2) is 9.97 Å². The number of oxazole rings is 1. The van der Waals surface area contributed by atoms with Gasteiger partial charge in [0.1, 0.15) is 46.1 Å². The van der Waals surface area contributed by atoms with E-state index in [-0.39, 0.29) is 23.8 Å². The van der Waals surface area contributed by atoms with E-state index in [4.69, 9.17) is 21.9 Å². The van der Waals surface area contributed by atoms with E-state index in [0.29, 0.717) is 47.0 Å². The highest BCUT2D eigenvalue weighted by Crippen LogP contribution is 2.32. The number of aromatic amines is 1. The summed E-state index contributed by atoms with van der Waals surface area (Å²) in [6.07, 6.45) is 0. The predicted molar refractivity (Wildman–Crippen MR) is 135 cm³/mol. The molecule has 5 aromatic rings. The van der Waals surface area contributed by atoms with E-state index in [1.54, 1.807) is 41.2 Å². The minimum absolute atomic E-state index is 0.0121. The molecular weight excluding hydrogens is 565 g/mol. The number of methoxy groups -OCH3 is 1. The second-order valence-corrected chi connectivity index (χ2v) is 8.05. The number of halogens is 1. The Balaban J connectivity index is 1.76. The number of para-hydroxylation sites is 1. The number of nitrogens with one attached hydrogen (secondary N) is 1. The summed E-state index contributed by atoms with van der Waals surface area (Å²) in [6, 6.07) is 16.7. The Morgan fingerprint density at radius 2 is 1.94 bits per heavy atom. The van der Waals surface area contributed by atoms with Gasteiger partial charge in [0.2, 0.25) is 5.89 Å².